The highest BCUT2D eigenvalue weighted by Gasteiger charge is 2.19. The van der Waals surface area contributed by atoms with Crippen molar-refractivity contribution in [1.82, 2.24) is 5.32 Å². The number of allylic oxidation sites excluding steroid dienone is 3. The third-order valence-corrected chi connectivity index (χ3v) is 4.87. The van der Waals surface area contributed by atoms with Gasteiger partial charge >= 0.3 is 0 Å². The first-order valence-corrected chi connectivity index (χ1v) is 10.4. The van der Waals surface area contributed by atoms with Crippen LogP contribution in [-0.2, 0) is 6.42 Å². The van der Waals surface area contributed by atoms with Crippen molar-refractivity contribution in [3.63, 3.8) is 0 Å². The zero-order valence-corrected chi connectivity index (χ0v) is 19.3. The fourth-order valence-electron chi connectivity index (χ4n) is 3.27. The van der Waals surface area contributed by atoms with Gasteiger partial charge in [-0.2, -0.15) is 0 Å². The molecule has 0 aromatic heterocycles. The SMILES string of the molecule is C=C(Cc1ccc(C)c(/C=C\C)c1)/C(CC(C)NC)=C(CC(C)(C)C)\N=C/C. The van der Waals surface area contributed by atoms with E-state index in [1.807, 2.05) is 20.2 Å². The van der Waals surface area contributed by atoms with Crippen molar-refractivity contribution in [3.05, 3.63) is 64.4 Å². The van der Waals surface area contributed by atoms with E-state index in [0.717, 1.165) is 19.3 Å². The fourth-order valence-corrected chi connectivity index (χ4v) is 3.27. The summed E-state index contributed by atoms with van der Waals surface area (Å²) in [6.07, 6.45) is 8.91. The van der Waals surface area contributed by atoms with Crippen molar-refractivity contribution < 1.29 is 0 Å². The van der Waals surface area contributed by atoms with Gasteiger partial charge in [-0.15, -0.1) is 0 Å². The summed E-state index contributed by atoms with van der Waals surface area (Å²) in [5.74, 6) is 0. The quantitative estimate of drug-likeness (QED) is 0.365. The number of aliphatic imine (C=N–C) groups is 1. The maximum Gasteiger partial charge on any atom is 0.0439 e. The van der Waals surface area contributed by atoms with Crippen LogP contribution in [0.15, 0.2) is 52.7 Å². The Kier molecular flexibility index (Phi) is 9.61. The lowest BCUT2D eigenvalue weighted by atomic mass is 9.85. The van der Waals surface area contributed by atoms with Crippen LogP contribution in [0.3, 0.4) is 0 Å². The zero-order valence-electron chi connectivity index (χ0n) is 19.3. The van der Waals surface area contributed by atoms with Gasteiger partial charge in [0.25, 0.3) is 0 Å². The number of aryl methyl sites for hydroxylation is 1. The molecular formula is C26H40N2. The molecule has 1 aromatic carbocycles. The van der Waals surface area contributed by atoms with E-state index in [1.54, 1.807) is 0 Å². The molecular weight excluding hydrogens is 340 g/mol. The van der Waals surface area contributed by atoms with E-state index in [2.05, 4.69) is 83.8 Å². The molecule has 0 saturated carbocycles. The van der Waals surface area contributed by atoms with E-state index in [0.29, 0.717) is 6.04 Å². The Morgan fingerprint density at radius 1 is 1.25 bits per heavy atom. The van der Waals surface area contributed by atoms with Gasteiger partial charge < -0.3 is 5.32 Å². The van der Waals surface area contributed by atoms with Crippen LogP contribution < -0.4 is 5.32 Å². The number of hydrogen-bond acceptors (Lipinski definition) is 2. The van der Waals surface area contributed by atoms with Crippen LogP contribution in [-0.4, -0.2) is 19.3 Å². The van der Waals surface area contributed by atoms with Crippen molar-refractivity contribution in [2.75, 3.05) is 7.05 Å². The molecule has 154 valence electrons. The van der Waals surface area contributed by atoms with Crippen LogP contribution in [0.1, 0.15) is 71.1 Å². The molecule has 1 rings (SSSR count). The van der Waals surface area contributed by atoms with Gasteiger partial charge in [-0.3, -0.25) is 4.99 Å². The van der Waals surface area contributed by atoms with Crippen molar-refractivity contribution in [2.24, 2.45) is 10.4 Å². The maximum atomic E-state index is 4.78. The molecule has 0 bridgehead atoms. The highest BCUT2D eigenvalue weighted by molar-refractivity contribution is 5.57. The molecule has 1 unspecified atom stereocenters. The molecule has 2 nitrogen and oxygen atoms in total. The Hall–Kier alpha value is -1.93. The molecule has 0 aliphatic heterocycles. The van der Waals surface area contributed by atoms with Crippen LogP contribution in [0.2, 0.25) is 0 Å². The van der Waals surface area contributed by atoms with Crippen LogP contribution in [0.4, 0.5) is 0 Å². The summed E-state index contributed by atoms with van der Waals surface area (Å²) in [6, 6.07) is 7.09. The van der Waals surface area contributed by atoms with E-state index in [1.165, 1.54) is 33.5 Å². The molecule has 0 saturated heterocycles. The van der Waals surface area contributed by atoms with Gasteiger partial charge in [0.2, 0.25) is 0 Å². The van der Waals surface area contributed by atoms with Gasteiger partial charge in [-0.1, -0.05) is 57.7 Å². The van der Waals surface area contributed by atoms with Crippen molar-refractivity contribution in [3.8, 4) is 0 Å². The van der Waals surface area contributed by atoms with E-state index in [4.69, 9.17) is 4.99 Å². The minimum Gasteiger partial charge on any atom is -0.317 e. The molecule has 1 aromatic rings. The second kappa shape index (κ2) is 11.2. The minimum absolute atomic E-state index is 0.180. The molecule has 0 spiro atoms. The van der Waals surface area contributed by atoms with E-state index in [9.17, 15) is 0 Å². The summed E-state index contributed by atoms with van der Waals surface area (Å²) in [6.45, 7) is 19.7. The number of nitrogens with one attached hydrogen (secondary N) is 1. The monoisotopic (exact) mass is 380 g/mol. The standard InChI is InChI=1S/C26H40N2/c1-10-12-23-17-22(14-13-19(23)3)15-20(4)24(16-21(5)27-9)25(28-11-2)18-26(6,7)8/h10-14,17,21,27H,4,15-16,18H2,1-3,5-9H3/b12-10-,25-24-,28-11-. The largest absolute Gasteiger partial charge is 0.317 e. The van der Waals surface area contributed by atoms with Crippen molar-refractivity contribution in [2.45, 2.75) is 73.8 Å². The Morgan fingerprint density at radius 2 is 1.93 bits per heavy atom. The molecule has 28 heavy (non-hydrogen) atoms. The van der Waals surface area contributed by atoms with Crippen LogP contribution >= 0.6 is 0 Å². The summed E-state index contributed by atoms with van der Waals surface area (Å²) in [5.41, 5.74) is 7.70. The maximum absolute atomic E-state index is 4.78. The molecule has 0 amide bonds. The Bertz CT molecular complexity index is 742. The number of nitrogens with zero attached hydrogens (tertiary/aromatic N) is 1. The lowest BCUT2D eigenvalue weighted by Crippen LogP contribution is -2.23. The second-order valence-corrected chi connectivity index (χ2v) is 8.92. The van der Waals surface area contributed by atoms with Gasteiger partial charge in [-0.25, -0.2) is 0 Å². The molecule has 0 aliphatic rings. The van der Waals surface area contributed by atoms with Gasteiger partial charge in [0, 0.05) is 18.0 Å². The van der Waals surface area contributed by atoms with Gasteiger partial charge in [-0.05, 0) is 87.3 Å². The van der Waals surface area contributed by atoms with Gasteiger partial charge in [0.05, 0.1) is 0 Å². The Balaban J connectivity index is 3.31. The molecule has 2 heteroatoms. The summed E-state index contributed by atoms with van der Waals surface area (Å²) in [4.78, 5) is 4.78. The molecule has 0 fully saturated rings. The molecule has 1 atom stereocenters. The number of benzene rings is 1. The van der Waals surface area contributed by atoms with Crippen molar-refractivity contribution >= 4 is 12.3 Å². The second-order valence-electron chi connectivity index (χ2n) is 8.92. The summed E-state index contributed by atoms with van der Waals surface area (Å²) in [5, 5.41) is 3.37. The average Bonchev–Trinajstić information content (AvgIpc) is 2.61. The first-order valence-electron chi connectivity index (χ1n) is 10.4. The third kappa shape index (κ3) is 7.98. The predicted molar refractivity (Wildman–Crippen MR) is 127 cm³/mol. The molecule has 0 radical (unpaired) electrons. The molecule has 0 aliphatic carbocycles. The summed E-state index contributed by atoms with van der Waals surface area (Å²) >= 11 is 0. The van der Waals surface area contributed by atoms with E-state index < -0.39 is 0 Å². The normalized spacial score (nSPS) is 14.6. The predicted octanol–water partition coefficient (Wildman–Crippen LogP) is 6.91. The topological polar surface area (TPSA) is 24.4 Å². The summed E-state index contributed by atoms with van der Waals surface area (Å²) < 4.78 is 0. The van der Waals surface area contributed by atoms with Gasteiger partial charge in [0.15, 0.2) is 0 Å². The summed E-state index contributed by atoms with van der Waals surface area (Å²) in [7, 11) is 2.01. The Morgan fingerprint density at radius 3 is 2.46 bits per heavy atom. The minimum atomic E-state index is 0.180. The number of hydrogen-bond donors (Lipinski definition) is 1. The van der Waals surface area contributed by atoms with E-state index >= 15 is 0 Å². The third-order valence-electron chi connectivity index (χ3n) is 4.87. The Labute approximate surface area is 173 Å². The first-order chi connectivity index (χ1) is 13.1. The molecule has 1 N–H and O–H groups in total. The highest BCUT2D eigenvalue weighted by Crippen LogP contribution is 2.32. The lowest BCUT2D eigenvalue weighted by molar-refractivity contribution is 0.405. The zero-order chi connectivity index (χ0) is 21.3. The van der Waals surface area contributed by atoms with E-state index in [-0.39, 0.29) is 5.41 Å². The van der Waals surface area contributed by atoms with Crippen LogP contribution in [0, 0.1) is 12.3 Å². The van der Waals surface area contributed by atoms with Crippen LogP contribution in [0.5, 0.6) is 0 Å². The number of rotatable bonds is 9. The van der Waals surface area contributed by atoms with Crippen molar-refractivity contribution in [1.29, 1.82) is 0 Å². The lowest BCUT2D eigenvalue weighted by Gasteiger charge is -2.24. The van der Waals surface area contributed by atoms with Gasteiger partial charge in [0.1, 0.15) is 0 Å². The van der Waals surface area contributed by atoms with Crippen LogP contribution in [0.25, 0.3) is 6.08 Å². The highest BCUT2D eigenvalue weighted by atomic mass is 14.9. The smallest absolute Gasteiger partial charge is 0.0439 e. The molecule has 0 heterocycles. The fraction of sp³-hybridized carbons (Fsp3) is 0.500. The average molecular weight is 381 g/mol. The first kappa shape index (κ1) is 24.1.